The lowest BCUT2D eigenvalue weighted by molar-refractivity contribution is 0.561. The summed E-state index contributed by atoms with van der Waals surface area (Å²) in [6.45, 7) is 0. The van der Waals surface area contributed by atoms with Crippen LogP contribution in [0.3, 0.4) is 0 Å². The van der Waals surface area contributed by atoms with Gasteiger partial charge in [-0.25, -0.2) is 4.79 Å². The maximum atomic E-state index is 10.7. The minimum absolute atomic E-state index is 0.302. The van der Waals surface area contributed by atoms with Gasteiger partial charge in [-0.1, -0.05) is 72.8 Å². The molecule has 0 saturated carbocycles. The first-order valence-electron chi connectivity index (χ1n) is 9.75. The van der Waals surface area contributed by atoms with Gasteiger partial charge >= 0.3 is 5.63 Å². The van der Waals surface area contributed by atoms with Crippen LogP contribution in [-0.2, 0) is 0 Å². The molecule has 5 rings (SSSR count). The molecule has 0 bridgehead atoms. The molecule has 0 unspecified atom stereocenters. The van der Waals surface area contributed by atoms with Crippen LogP contribution in [0.2, 0.25) is 0 Å². The van der Waals surface area contributed by atoms with Gasteiger partial charge in [-0.15, -0.1) is 0 Å². The van der Waals surface area contributed by atoms with Gasteiger partial charge in [0.15, 0.2) is 0 Å². The van der Waals surface area contributed by atoms with Crippen molar-refractivity contribution < 1.29 is 4.42 Å². The highest BCUT2D eigenvalue weighted by Crippen LogP contribution is 2.33. The van der Waals surface area contributed by atoms with Crippen LogP contribution in [0.4, 0.5) is 17.1 Å². The molecule has 0 aliphatic rings. The lowest BCUT2D eigenvalue weighted by Crippen LogP contribution is -2.09. The summed E-state index contributed by atoms with van der Waals surface area (Å²) in [5.41, 5.74) is 3.84. The van der Waals surface area contributed by atoms with Crippen molar-refractivity contribution >= 4 is 28.0 Å². The highest BCUT2D eigenvalue weighted by atomic mass is 16.4. The van der Waals surface area contributed by atoms with E-state index in [1.54, 1.807) is 12.1 Å². The summed E-state index contributed by atoms with van der Waals surface area (Å²) in [5.74, 6) is 0. The number of fused-ring (bicyclic) bond motifs is 1. The summed E-state index contributed by atoms with van der Waals surface area (Å²) in [6.07, 6.45) is 0. The summed E-state index contributed by atoms with van der Waals surface area (Å²) < 4.78 is 4.91. The zero-order chi connectivity index (χ0) is 20.6. The summed E-state index contributed by atoms with van der Waals surface area (Å²) in [5, 5.41) is 0.951. The predicted octanol–water partition coefficient (Wildman–Crippen LogP) is 6.95. The first kappa shape index (κ1) is 19.2. The molecule has 3 heteroatoms. The van der Waals surface area contributed by atoms with Crippen LogP contribution in [0.1, 0.15) is 0 Å². The van der Waals surface area contributed by atoms with Crippen molar-refractivity contribution in [3.05, 3.63) is 138 Å². The zero-order valence-electron chi connectivity index (χ0n) is 16.4. The Labute approximate surface area is 175 Å². The van der Waals surface area contributed by atoms with Crippen molar-refractivity contribution in [2.75, 3.05) is 4.90 Å². The average molecular weight is 391 g/mol. The molecule has 1 aromatic heterocycles. The Bertz CT molecular complexity index is 1160. The smallest absolute Gasteiger partial charge is 0.336 e. The lowest BCUT2D eigenvalue weighted by atomic mass is 10.2. The van der Waals surface area contributed by atoms with Gasteiger partial charge in [-0.2, -0.15) is 0 Å². The number of para-hydroxylation sites is 4. The van der Waals surface area contributed by atoms with Gasteiger partial charge in [-0.05, 0) is 48.5 Å². The Balaban J connectivity index is 0.000000168. The maximum absolute atomic E-state index is 10.7. The van der Waals surface area contributed by atoms with E-state index in [9.17, 15) is 4.79 Å². The fourth-order valence-electron chi connectivity index (χ4n) is 3.19. The van der Waals surface area contributed by atoms with Gasteiger partial charge in [0.05, 0.1) is 0 Å². The van der Waals surface area contributed by atoms with Crippen LogP contribution in [0.5, 0.6) is 0 Å². The molecule has 5 aromatic rings. The van der Waals surface area contributed by atoms with E-state index < -0.39 is 0 Å². The van der Waals surface area contributed by atoms with E-state index in [1.165, 1.54) is 23.1 Å². The highest BCUT2D eigenvalue weighted by Gasteiger charge is 2.10. The molecule has 0 aliphatic carbocycles. The van der Waals surface area contributed by atoms with E-state index >= 15 is 0 Å². The number of nitrogens with zero attached hydrogens (tertiary/aromatic N) is 1. The Morgan fingerprint density at radius 2 is 0.900 bits per heavy atom. The number of hydrogen-bond donors (Lipinski definition) is 0. The third kappa shape index (κ3) is 4.65. The monoisotopic (exact) mass is 391 g/mol. The first-order valence-corrected chi connectivity index (χ1v) is 9.75. The second-order valence-electron chi connectivity index (χ2n) is 6.63. The SMILES string of the molecule is O=c1ccc2ccccc2o1.c1ccc(N(c2ccccc2)c2ccccc2)cc1. The van der Waals surface area contributed by atoms with Crippen molar-refractivity contribution in [3.63, 3.8) is 0 Å². The molecule has 146 valence electrons. The number of hydrogen-bond acceptors (Lipinski definition) is 3. The van der Waals surface area contributed by atoms with Crippen LogP contribution in [0.25, 0.3) is 11.0 Å². The van der Waals surface area contributed by atoms with Gasteiger partial charge in [0.25, 0.3) is 0 Å². The Hall–Kier alpha value is -4.11. The number of rotatable bonds is 3. The van der Waals surface area contributed by atoms with Gasteiger partial charge in [0.1, 0.15) is 5.58 Å². The molecule has 0 fully saturated rings. The lowest BCUT2D eigenvalue weighted by Gasteiger charge is -2.25. The average Bonchev–Trinajstić information content (AvgIpc) is 2.82. The number of anilines is 3. The van der Waals surface area contributed by atoms with Gasteiger partial charge in [0.2, 0.25) is 0 Å². The van der Waals surface area contributed by atoms with Gasteiger partial charge < -0.3 is 9.32 Å². The molecule has 0 radical (unpaired) electrons. The fraction of sp³-hybridized carbons (Fsp3) is 0. The number of benzene rings is 4. The normalized spacial score (nSPS) is 10.1. The molecule has 0 aliphatic heterocycles. The van der Waals surface area contributed by atoms with Crippen LogP contribution in [-0.4, -0.2) is 0 Å². The molecule has 30 heavy (non-hydrogen) atoms. The van der Waals surface area contributed by atoms with E-state index in [4.69, 9.17) is 4.42 Å². The van der Waals surface area contributed by atoms with Crippen molar-refractivity contribution in [2.45, 2.75) is 0 Å². The van der Waals surface area contributed by atoms with Crippen molar-refractivity contribution in [1.82, 2.24) is 0 Å². The summed E-state index contributed by atoms with van der Waals surface area (Å²) in [4.78, 5) is 13.0. The summed E-state index contributed by atoms with van der Waals surface area (Å²) in [6, 6.07) is 41.8. The standard InChI is InChI=1S/C18H15N.C9H6O2/c1-4-10-16(11-5-1)19(17-12-6-2-7-13-17)18-14-8-3-9-15-18;10-9-6-5-7-3-1-2-4-8(7)11-9/h1-15H;1-6H. The third-order valence-corrected chi connectivity index (χ3v) is 4.57. The van der Waals surface area contributed by atoms with E-state index in [0.717, 1.165) is 5.39 Å². The fourth-order valence-corrected chi connectivity index (χ4v) is 3.19. The molecular formula is C27H21NO2. The Morgan fingerprint density at radius 3 is 1.40 bits per heavy atom. The predicted molar refractivity (Wildman–Crippen MR) is 124 cm³/mol. The molecule has 3 nitrogen and oxygen atoms in total. The topological polar surface area (TPSA) is 33.5 Å². The quantitative estimate of drug-likeness (QED) is 0.312. The van der Waals surface area contributed by atoms with E-state index in [0.29, 0.717) is 5.58 Å². The zero-order valence-corrected chi connectivity index (χ0v) is 16.4. The second-order valence-corrected chi connectivity index (χ2v) is 6.63. The largest absolute Gasteiger partial charge is 0.423 e. The molecular weight excluding hydrogens is 370 g/mol. The Kier molecular flexibility index (Phi) is 6.02. The van der Waals surface area contributed by atoms with Crippen LogP contribution < -0.4 is 10.5 Å². The van der Waals surface area contributed by atoms with Crippen molar-refractivity contribution in [3.8, 4) is 0 Å². The third-order valence-electron chi connectivity index (χ3n) is 4.57. The first-order chi connectivity index (χ1) is 14.8. The molecule has 0 amide bonds. The van der Waals surface area contributed by atoms with Crippen molar-refractivity contribution in [2.24, 2.45) is 0 Å². The van der Waals surface area contributed by atoms with Crippen LogP contribution in [0.15, 0.2) is 137 Å². The molecule has 0 atom stereocenters. The van der Waals surface area contributed by atoms with E-state index in [2.05, 4.69) is 77.7 Å². The minimum Gasteiger partial charge on any atom is -0.423 e. The van der Waals surface area contributed by atoms with E-state index in [1.807, 2.05) is 36.4 Å². The molecule has 0 saturated heterocycles. The van der Waals surface area contributed by atoms with Crippen LogP contribution >= 0.6 is 0 Å². The van der Waals surface area contributed by atoms with Gasteiger partial charge in [0, 0.05) is 28.5 Å². The molecule has 0 N–H and O–H groups in total. The second kappa shape index (κ2) is 9.39. The molecule has 4 aromatic carbocycles. The molecule has 0 spiro atoms. The maximum Gasteiger partial charge on any atom is 0.336 e. The molecule has 1 heterocycles. The van der Waals surface area contributed by atoms with Crippen LogP contribution in [0, 0.1) is 0 Å². The van der Waals surface area contributed by atoms with Gasteiger partial charge in [-0.3, -0.25) is 0 Å². The highest BCUT2D eigenvalue weighted by molar-refractivity contribution is 5.76. The minimum atomic E-state index is -0.302. The van der Waals surface area contributed by atoms with E-state index in [-0.39, 0.29) is 5.63 Å². The summed E-state index contributed by atoms with van der Waals surface area (Å²) in [7, 11) is 0. The van der Waals surface area contributed by atoms with Crippen molar-refractivity contribution in [1.29, 1.82) is 0 Å². The summed E-state index contributed by atoms with van der Waals surface area (Å²) >= 11 is 0. The Morgan fingerprint density at radius 1 is 0.467 bits per heavy atom.